The van der Waals surface area contributed by atoms with E-state index in [0.29, 0.717) is 5.82 Å². The van der Waals surface area contributed by atoms with E-state index in [1.54, 1.807) is 4.57 Å². The van der Waals surface area contributed by atoms with Gasteiger partial charge in [0.1, 0.15) is 11.6 Å². The number of ether oxygens (including phenoxy) is 1. The summed E-state index contributed by atoms with van der Waals surface area (Å²) in [6.07, 6.45) is -0.695. The van der Waals surface area contributed by atoms with Crippen LogP contribution in [0.1, 0.15) is 0 Å². The van der Waals surface area contributed by atoms with Gasteiger partial charge in [-0.05, 0) is 24.3 Å². The van der Waals surface area contributed by atoms with Crippen LogP contribution in [0.2, 0.25) is 0 Å². The third kappa shape index (κ3) is 4.88. The molecule has 146 valence electrons. The number of nitrogens with zero attached hydrogens (tertiary/aromatic N) is 2. The Morgan fingerprint density at radius 3 is 2.36 bits per heavy atom. The molecule has 0 aliphatic heterocycles. The van der Waals surface area contributed by atoms with Crippen LogP contribution in [0.25, 0.3) is 5.82 Å². The van der Waals surface area contributed by atoms with Crippen LogP contribution in [0, 0.1) is 0 Å². The zero-order chi connectivity index (χ0) is 20.4. The molecule has 0 aliphatic carbocycles. The molecule has 3 aromatic rings. The van der Waals surface area contributed by atoms with Crippen molar-refractivity contribution in [1.29, 1.82) is 0 Å². The van der Waals surface area contributed by atoms with Crippen molar-refractivity contribution in [3.05, 3.63) is 77.3 Å². The molecule has 0 unspecified atom stereocenters. The average molecular weight is 411 g/mol. The summed E-state index contributed by atoms with van der Waals surface area (Å²) in [7, 11) is -4.16. The fraction of sp³-hybridized carbons (Fsp3) is 0.0588. The predicted octanol–water partition coefficient (Wildman–Crippen LogP) is 2.93. The third-order valence-corrected chi connectivity index (χ3v) is 4.79. The van der Waals surface area contributed by atoms with Crippen molar-refractivity contribution >= 4 is 15.7 Å². The Hall–Kier alpha value is -3.34. The molecule has 0 radical (unpaired) electrons. The number of alkyl halides is 3. The van der Waals surface area contributed by atoms with E-state index in [2.05, 4.69) is 14.4 Å². The first-order chi connectivity index (χ1) is 13.1. The van der Waals surface area contributed by atoms with Crippen LogP contribution in [0.5, 0.6) is 5.75 Å². The molecule has 2 heterocycles. The molecule has 0 atom stereocenters. The van der Waals surface area contributed by atoms with Crippen molar-refractivity contribution in [2.75, 3.05) is 4.72 Å². The summed E-state index contributed by atoms with van der Waals surface area (Å²) in [6.45, 7) is 0. The summed E-state index contributed by atoms with van der Waals surface area (Å²) in [5.41, 5.74) is -0.0655. The Kier molecular flexibility index (Phi) is 5.10. The van der Waals surface area contributed by atoms with Gasteiger partial charge >= 0.3 is 6.36 Å². The topological polar surface area (TPSA) is 90.3 Å². The molecule has 1 N–H and O–H groups in total. The SMILES string of the molecule is O=c1ccn(-c2ccc(NS(=O)(=O)c3cccc(OC(F)(F)F)c3)cn2)cc1. The molecule has 0 saturated carbocycles. The van der Waals surface area contributed by atoms with Gasteiger partial charge in [0.15, 0.2) is 5.43 Å². The first-order valence-electron chi connectivity index (χ1n) is 7.66. The highest BCUT2D eigenvalue weighted by Gasteiger charge is 2.31. The van der Waals surface area contributed by atoms with Gasteiger partial charge in [0.05, 0.1) is 16.8 Å². The molecule has 7 nitrogen and oxygen atoms in total. The smallest absolute Gasteiger partial charge is 0.406 e. The lowest BCUT2D eigenvalue weighted by molar-refractivity contribution is -0.274. The van der Waals surface area contributed by atoms with E-state index in [-0.39, 0.29) is 11.1 Å². The van der Waals surface area contributed by atoms with Crippen LogP contribution in [-0.2, 0) is 10.0 Å². The van der Waals surface area contributed by atoms with E-state index >= 15 is 0 Å². The average Bonchev–Trinajstić information content (AvgIpc) is 2.62. The van der Waals surface area contributed by atoms with Gasteiger partial charge in [0.25, 0.3) is 10.0 Å². The molecular weight excluding hydrogens is 399 g/mol. The van der Waals surface area contributed by atoms with Gasteiger partial charge in [-0.2, -0.15) is 0 Å². The fourth-order valence-corrected chi connectivity index (χ4v) is 3.30. The lowest BCUT2D eigenvalue weighted by atomic mass is 10.3. The maximum absolute atomic E-state index is 12.4. The van der Waals surface area contributed by atoms with Gasteiger partial charge in [0.2, 0.25) is 0 Å². The van der Waals surface area contributed by atoms with Gasteiger partial charge in [0, 0.05) is 30.6 Å². The first kappa shape index (κ1) is 19.4. The number of rotatable bonds is 5. The molecular formula is C17H12F3N3O4S. The second kappa shape index (κ2) is 7.35. The van der Waals surface area contributed by atoms with Crippen LogP contribution in [0.4, 0.5) is 18.9 Å². The molecule has 0 amide bonds. The number of benzene rings is 1. The van der Waals surface area contributed by atoms with E-state index < -0.39 is 27.0 Å². The molecule has 2 aromatic heterocycles. The van der Waals surface area contributed by atoms with Gasteiger partial charge in [-0.15, -0.1) is 13.2 Å². The number of nitrogens with one attached hydrogen (secondary N) is 1. The summed E-state index contributed by atoms with van der Waals surface area (Å²) in [6, 6.07) is 9.63. The van der Waals surface area contributed by atoms with Crippen molar-refractivity contribution in [2.45, 2.75) is 11.3 Å². The number of hydrogen-bond acceptors (Lipinski definition) is 5. The molecule has 3 rings (SSSR count). The largest absolute Gasteiger partial charge is 0.573 e. The molecule has 0 aliphatic rings. The molecule has 0 saturated heterocycles. The number of anilines is 1. The van der Waals surface area contributed by atoms with E-state index in [1.807, 2.05) is 0 Å². The van der Waals surface area contributed by atoms with E-state index in [9.17, 15) is 26.4 Å². The molecule has 28 heavy (non-hydrogen) atoms. The molecule has 0 spiro atoms. The fourth-order valence-electron chi connectivity index (χ4n) is 2.22. The van der Waals surface area contributed by atoms with Crippen molar-refractivity contribution in [3.63, 3.8) is 0 Å². The summed E-state index contributed by atoms with van der Waals surface area (Å²) in [5, 5.41) is 0. The summed E-state index contributed by atoms with van der Waals surface area (Å²) < 4.78 is 69.2. The van der Waals surface area contributed by atoms with E-state index in [4.69, 9.17) is 0 Å². The summed E-state index contributed by atoms with van der Waals surface area (Å²) >= 11 is 0. The standard InChI is InChI=1S/C17H12F3N3O4S/c18-17(19,20)27-14-2-1-3-15(10-14)28(25,26)22-12-4-5-16(21-11-12)23-8-6-13(24)7-9-23/h1-11,22H. The Morgan fingerprint density at radius 1 is 1.04 bits per heavy atom. The van der Waals surface area contributed by atoms with Crippen molar-refractivity contribution in [2.24, 2.45) is 0 Å². The van der Waals surface area contributed by atoms with Gasteiger partial charge in [-0.25, -0.2) is 13.4 Å². The van der Waals surface area contributed by atoms with Gasteiger partial charge < -0.3 is 9.30 Å². The number of pyridine rings is 2. The van der Waals surface area contributed by atoms with Crippen LogP contribution in [-0.4, -0.2) is 24.3 Å². The lowest BCUT2D eigenvalue weighted by Crippen LogP contribution is -2.18. The van der Waals surface area contributed by atoms with Crippen LogP contribution >= 0.6 is 0 Å². The minimum Gasteiger partial charge on any atom is -0.406 e. The van der Waals surface area contributed by atoms with Crippen molar-refractivity contribution < 1.29 is 26.3 Å². The lowest BCUT2D eigenvalue weighted by Gasteiger charge is -2.12. The zero-order valence-electron chi connectivity index (χ0n) is 13.9. The Labute approximate surface area is 157 Å². The van der Waals surface area contributed by atoms with Crippen molar-refractivity contribution in [3.8, 4) is 11.6 Å². The minimum absolute atomic E-state index is 0.104. The van der Waals surface area contributed by atoms with Crippen LogP contribution < -0.4 is 14.9 Å². The molecule has 11 heteroatoms. The van der Waals surface area contributed by atoms with Crippen molar-refractivity contribution in [1.82, 2.24) is 9.55 Å². The zero-order valence-corrected chi connectivity index (χ0v) is 14.7. The maximum Gasteiger partial charge on any atom is 0.573 e. The highest BCUT2D eigenvalue weighted by Crippen LogP contribution is 2.25. The Balaban J connectivity index is 1.80. The molecule has 0 fully saturated rings. The number of halogens is 3. The maximum atomic E-state index is 12.4. The number of aromatic nitrogens is 2. The Morgan fingerprint density at radius 2 is 1.75 bits per heavy atom. The Bertz CT molecular complexity index is 1120. The quantitative estimate of drug-likeness (QED) is 0.697. The highest BCUT2D eigenvalue weighted by atomic mass is 32.2. The van der Waals surface area contributed by atoms with Gasteiger partial charge in [-0.3, -0.25) is 9.52 Å². The van der Waals surface area contributed by atoms with Crippen LogP contribution in [0.15, 0.2) is 76.8 Å². The predicted molar refractivity (Wildman–Crippen MR) is 93.8 cm³/mol. The normalized spacial score (nSPS) is 11.8. The second-order valence-electron chi connectivity index (χ2n) is 5.47. The highest BCUT2D eigenvalue weighted by molar-refractivity contribution is 7.92. The third-order valence-electron chi connectivity index (χ3n) is 3.41. The number of sulfonamides is 1. The van der Waals surface area contributed by atoms with Gasteiger partial charge in [-0.1, -0.05) is 6.07 Å². The molecule has 0 bridgehead atoms. The van der Waals surface area contributed by atoms with E-state index in [0.717, 1.165) is 24.3 Å². The minimum atomic E-state index is -4.93. The first-order valence-corrected chi connectivity index (χ1v) is 9.14. The second-order valence-corrected chi connectivity index (χ2v) is 7.16. The van der Waals surface area contributed by atoms with Crippen LogP contribution in [0.3, 0.4) is 0 Å². The van der Waals surface area contributed by atoms with E-state index in [1.165, 1.54) is 42.9 Å². The summed E-state index contributed by atoms with van der Waals surface area (Å²) in [4.78, 5) is 14.8. The summed E-state index contributed by atoms with van der Waals surface area (Å²) in [5.74, 6) is -0.217. The molecule has 1 aromatic carbocycles. The monoisotopic (exact) mass is 411 g/mol. The number of hydrogen-bond donors (Lipinski definition) is 1.